The normalized spacial score (nSPS) is 12.0. The van der Waals surface area contributed by atoms with Gasteiger partial charge >= 0.3 is 11.9 Å². The first-order valence-corrected chi connectivity index (χ1v) is 5.40. The number of hydrogen-bond acceptors (Lipinski definition) is 5. The molecule has 0 bridgehead atoms. The number of esters is 2. The number of hydrogen-bond donors (Lipinski definition) is 0. The maximum absolute atomic E-state index is 11.5. The molecule has 0 N–H and O–H groups in total. The van der Waals surface area contributed by atoms with Gasteiger partial charge in [-0.25, -0.2) is 0 Å². The molecule has 0 spiro atoms. The van der Waals surface area contributed by atoms with E-state index in [1.165, 1.54) is 0 Å². The molecule has 16 heavy (non-hydrogen) atoms. The molecule has 0 unspecified atom stereocenters. The Morgan fingerprint density at radius 2 is 1.50 bits per heavy atom. The van der Waals surface area contributed by atoms with Crippen LogP contribution in [0, 0.1) is 11.8 Å². The van der Waals surface area contributed by atoms with Crippen LogP contribution >= 0.6 is 0 Å². The average Bonchev–Trinajstić information content (AvgIpc) is 2.25. The number of ether oxygens (including phenoxy) is 2. The topological polar surface area (TPSA) is 69.7 Å². The van der Waals surface area contributed by atoms with Crippen LogP contribution in [-0.2, 0) is 23.9 Å². The highest BCUT2D eigenvalue weighted by molar-refractivity contribution is 5.97. The zero-order valence-electron chi connectivity index (χ0n) is 9.89. The minimum atomic E-state index is -1.14. The Balaban J connectivity index is 4.80. The van der Waals surface area contributed by atoms with Gasteiger partial charge in [-0.15, -0.1) is 0 Å². The van der Waals surface area contributed by atoms with Crippen molar-refractivity contribution in [3.8, 4) is 0 Å². The molecule has 0 aromatic carbocycles. The van der Waals surface area contributed by atoms with Gasteiger partial charge in [0.1, 0.15) is 6.29 Å². The Morgan fingerprint density at radius 1 is 1.06 bits per heavy atom. The van der Waals surface area contributed by atoms with E-state index >= 15 is 0 Å². The molecule has 0 aliphatic heterocycles. The van der Waals surface area contributed by atoms with Gasteiger partial charge in [0.15, 0.2) is 5.92 Å². The van der Waals surface area contributed by atoms with Crippen LogP contribution in [0.1, 0.15) is 27.2 Å². The molecule has 5 nitrogen and oxygen atoms in total. The second-order valence-corrected chi connectivity index (χ2v) is 3.19. The molecule has 0 saturated heterocycles. The second-order valence-electron chi connectivity index (χ2n) is 3.19. The summed E-state index contributed by atoms with van der Waals surface area (Å²) in [5, 5.41) is 0. The highest BCUT2D eigenvalue weighted by Crippen LogP contribution is 2.17. The molecule has 1 atom stereocenters. The fourth-order valence-electron chi connectivity index (χ4n) is 1.32. The third-order valence-electron chi connectivity index (χ3n) is 2.16. The maximum Gasteiger partial charge on any atom is 0.321 e. The standard InChI is InChI=1S/C11H18O5/c1-4-8(7-12)9(10(13)15-5-2)11(14)16-6-3/h7-9H,4-6H2,1-3H3/t8-/m0/s1. The van der Waals surface area contributed by atoms with Gasteiger partial charge in [-0.2, -0.15) is 0 Å². The highest BCUT2D eigenvalue weighted by atomic mass is 16.6. The van der Waals surface area contributed by atoms with Crippen LogP contribution in [0.25, 0.3) is 0 Å². The van der Waals surface area contributed by atoms with Crippen molar-refractivity contribution in [1.82, 2.24) is 0 Å². The maximum atomic E-state index is 11.5. The van der Waals surface area contributed by atoms with Crippen molar-refractivity contribution < 1.29 is 23.9 Å². The van der Waals surface area contributed by atoms with E-state index < -0.39 is 23.8 Å². The number of carbonyl (C=O) groups is 3. The SMILES string of the molecule is CCOC(=O)C(C(=O)OCC)[C@H](C=O)CC. The van der Waals surface area contributed by atoms with Gasteiger partial charge in [0, 0.05) is 5.92 Å². The van der Waals surface area contributed by atoms with E-state index in [1.54, 1.807) is 20.8 Å². The molecule has 0 aromatic rings. The van der Waals surface area contributed by atoms with E-state index in [4.69, 9.17) is 9.47 Å². The molecule has 5 heteroatoms. The third-order valence-corrected chi connectivity index (χ3v) is 2.16. The lowest BCUT2D eigenvalue weighted by molar-refractivity contribution is -0.165. The fourth-order valence-corrected chi connectivity index (χ4v) is 1.32. The lowest BCUT2D eigenvalue weighted by Crippen LogP contribution is -2.35. The van der Waals surface area contributed by atoms with Gasteiger partial charge in [0.05, 0.1) is 13.2 Å². The van der Waals surface area contributed by atoms with Gasteiger partial charge in [-0.1, -0.05) is 6.92 Å². The summed E-state index contributed by atoms with van der Waals surface area (Å²) in [6.45, 7) is 5.35. The minimum absolute atomic E-state index is 0.171. The first kappa shape index (κ1) is 14.6. The van der Waals surface area contributed by atoms with Crippen molar-refractivity contribution in [1.29, 1.82) is 0 Å². The molecule has 0 aliphatic carbocycles. The molecule has 0 amide bonds. The summed E-state index contributed by atoms with van der Waals surface area (Å²) < 4.78 is 9.51. The van der Waals surface area contributed by atoms with E-state index in [0.29, 0.717) is 12.7 Å². The fraction of sp³-hybridized carbons (Fsp3) is 0.727. The van der Waals surface area contributed by atoms with E-state index in [1.807, 2.05) is 0 Å². The third kappa shape index (κ3) is 4.00. The van der Waals surface area contributed by atoms with Crippen LogP contribution in [0.4, 0.5) is 0 Å². The summed E-state index contributed by atoms with van der Waals surface area (Å²) in [7, 11) is 0. The summed E-state index contributed by atoms with van der Waals surface area (Å²) in [5.41, 5.74) is 0. The predicted octanol–water partition coefficient (Wildman–Crippen LogP) is 0.954. The van der Waals surface area contributed by atoms with E-state index in [9.17, 15) is 14.4 Å². The van der Waals surface area contributed by atoms with Gasteiger partial charge < -0.3 is 14.3 Å². The van der Waals surface area contributed by atoms with Crippen LogP contribution in [-0.4, -0.2) is 31.4 Å². The van der Waals surface area contributed by atoms with Crippen molar-refractivity contribution in [3.05, 3.63) is 0 Å². The van der Waals surface area contributed by atoms with Crippen molar-refractivity contribution in [2.75, 3.05) is 13.2 Å². The summed E-state index contributed by atoms with van der Waals surface area (Å²) in [5.74, 6) is -3.21. The van der Waals surface area contributed by atoms with Crippen molar-refractivity contribution in [3.63, 3.8) is 0 Å². The van der Waals surface area contributed by atoms with Gasteiger partial charge in [0.25, 0.3) is 0 Å². The quantitative estimate of drug-likeness (QED) is 0.370. The predicted molar refractivity (Wildman–Crippen MR) is 56.6 cm³/mol. The number of carbonyl (C=O) groups excluding carboxylic acids is 3. The molecular formula is C11H18O5. The van der Waals surface area contributed by atoms with Gasteiger partial charge in [-0.05, 0) is 20.3 Å². The monoisotopic (exact) mass is 230 g/mol. The Kier molecular flexibility index (Phi) is 7.16. The lowest BCUT2D eigenvalue weighted by atomic mass is 9.91. The van der Waals surface area contributed by atoms with Crippen LogP contribution < -0.4 is 0 Å². The van der Waals surface area contributed by atoms with Crippen LogP contribution in [0.15, 0.2) is 0 Å². The lowest BCUT2D eigenvalue weighted by Gasteiger charge is -2.18. The van der Waals surface area contributed by atoms with E-state index in [2.05, 4.69) is 0 Å². The summed E-state index contributed by atoms with van der Waals surface area (Å²) >= 11 is 0. The molecule has 0 aliphatic rings. The minimum Gasteiger partial charge on any atom is -0.465 e. The Hall–Kier alpha value is -1.39. The summed E-state index contributed by atoms with van der Waals surface area (Å²) in [6, 6.07) is 0. The molecule has 0 fully saturated rings. The largest absolute Gasteiger partial charge is 0.465 e. The zero-order chi connectivity index (χ0) is 12.6. The van der Waals surface area contributed by atoms with Gasteiger partial charge in [-0.3, -0.25) is 9.59 Å². The molecule has 0 aromatic heterocycles. The summed E-state index contributed by atoms with van der Waals surface area (Å²) in [4.78, 5) is 33.9. The Morgan fingerprint density at radius 3 is 1.75 bits per heavy atom. The first-order valence-electron chi connectivity index (χ1n) is 5.40. The molecule has 92 valence electrons. The summed E-state index contributed by atoms with van der Waals surface area (Å²) in [6.07, 6.45) is 0.990. The molecule has 0 heterocycles. The number of rotatable bonds is 7. The number of aldehydes is 1. The molecular weight excluding hydrogens is 212 g/mol. The molecule has 0 saturated carbocycles. The zero-order valence-corrected chi connectivity index (χ0v) is 9.89. The van der Waals surface area contributed by atoms with Crippen LogP contribution in [0.5, 0.6) is 0 Å². The Labute approximate surface area is 95.1 Å². The van der Waals surface area contributed by atoms with Crippen molar-refractivity contribution in [2.45, 2.75) is 27.2 Å². The van der Waals surface area contributed by atoms with Crippen LogP contribution in [0.2, 0.25) is 0 Å². The highest BCUT2D eigenvalue weighted by Gasteiger charge is 2.36. The van der Waals surface area contributed by atoms with Crippen LogP contribution in [0.3, 0.4) is 0 Å². The molecule has 0 rings (SSSR count). The average molecular weight is 230 g/mol. The first-order chi connectivity index (χ1) is 7.62. The second kappa shape index (κ2) is 7.84. The van der Waals surface area contributed by atoms with E-state index in [-0.39, 0.29) is 13.2 Å². The van der Waals surface area contributed by atoms with Gasteiger partial charge in [0.2, 0.25) is 0 Å². The van der Waals surface area contributed by atoms with E-state index in [0.717, 1.165) is 0 Å². The van der Waals surface area contributed by atoms with Crippen molar-refractivity contribution in [2.24, 2.45) is 11.8 Å². The smallest absolute Gasteiger partial charge is 0.321 e. The Bertz CT molecular complexity index is 231. The molecule has 0 radical (unpaired) electrons. The van der Waals surface area contributed by atoms with Crippen molar-refractivity contribution >= 4 is 18.2 Å².